The van der Waals surface area contributed by atoms with Crippen molar-refractivity contribution in [2.75, 3.05) is 26.7 Å². The quantitative estimate of drug-likeness (QED) is 0.817. The number of hydrogen-bond donors (Lipinski definition) is 1. The minimum atomic E-state index is 0. The largest absolute Gasteiger partial charge is 0.338 e. The molecule has 1 aliphatic heterocycles. The molecule has 0 radical (unpaired) electrons. The van der Waals surface area contributed by atoms with Crippen LogP contribution in [0.2, 0.25) is 0 Å². The molecule has 0 bridgehead atoms. The Bertz CT molecular complexity index is 638. The highest BCUT2D eigenvalue weighted by Gasteiger charge is 2.20. The number of nitrogens with one attached hydrogen (secondary N) is 1. The Morgan fingerprint density at radius 1 is 1.24 bits per heavy atom. The lowest BCUT2D eigenvalue weighted by molar-refractivity contribution is 0.155. The van der Waals surface area contributed by atoms with E-state index in [0.29, 0.717) is 0 Å². The molecule has 1 aliphatic rings. The molecule has 25 heavy (non-hydrogen) atoms. The summed E-state index contributed by atoms with van der Waals surface area (Å²) < 4.78 is 5.46. The van der Waals surface area contributed by atoms with Gasteiger partial charge in [0.15, 0.2) is 5.82 Å². The van der Waals surface area contributed by atoms with Crippen LogP contribution in [0.5, 0.6) is 0 Å². The Kier molecular flexibility index (Phi) is 7.88. The Labute approximate surface area is 156 Å². The number of likely N-dealkylation sites (tertiary alicyclic amines) is 1. The third-order valence-electron chi connectivity index (χ3n) is 4.99. The third-order valence-corrected chi connectivity index (χ3v) is 4.99. The van der Waals surface area contributed by atoms with Crippen LogP contribution in [0.25, 0.3) is 0 Å². The van der Waals surface area contributed by atoms with Gasteiger partial charge in [0.05, 0.1) is 6.54 Å². The second kappa shape index (κ2) is 9.90. The number of benzene rings is 1. The van der Waals surface area contributed by atoms with Crippen molar-refractivity contribution in [3.63, 3.8) is 0 Å². The summed E-state index contributed by atoms with van der Waals surface area (Å²) in [5, 5.41) is 7.40. The van der Waals surface area contributed by atoms with Crippen LogP contribution >= 0.6 is 12.4 Å². The van der Waals surface area contributed by atoms with Crippen LogP contribution in [-0.2, 0) is 13.0 Å². The molecule has 138 valence electrons. The summed E-state index contributed by atoms with van der Waals surface area (Å²) in [4.78, 5) is 7.01. The number of piperidine rings is 1. The van der Waals surface area contributed by atoms with Crippen molar-refractivity contribution in [2.45, 2.75) is 39.2 Å². The molecule has 1 aromatic heterocycles. The summed E-state index contributed by atoms with van der Waals surface area (Å²) in [6.45, 7) is 6.28. The van der Waals surface area contributed by atoms with E-state index < -0.39 is 0 Å². The molecule has 1 aromatic carbocycles. The van der Waals surface area contributed by atoms with E-state index in [9.17, 15) is 0 Å². The summed E-state index contributed by atoms with van der Waals surface area (Å²) in [6, 6.07) is 8.36. The molecule has 0 unspecified atom stereocenters. The van der Waals surface area contributed by atoms with E-state index in [-0.39, 0.29) is 12.4 Å². The van der Waals surface area contributed by atoms with Crippen LogP contribution in [0.4, 0.5) is 0 Å². The summed E-state index contributed by atoms with van der Waals surface area (Å²) in [7, 11) is 2.03. The van der Waals surface area contributed by atoms with Crippen molar-refractivity contribution in [3.8, 4) is 0 Å². The SMILES string of the molecule is CNCCC1CCN(Cc2nc(Cc3ccccc3C)no2)CC1.Cl. The molecule has 3 rings (SSSR count). The van der Waals surface area contributed by atoms with Crippen molar-refractivity contribution in [3.05, 3.63) is 47.1 Å². The summed E-state index contributed by atoms with van der Waals surface area (Å²) in [6.07, 6.45) is 4.56. The zero-order valence-corrected chi connectivity index (χ0v) is 16.0. The maximum atomic E-state index is 5.46. The van der Waals surface area contributed by atoms with Gasteiger partial charge in [-0.15, -0.1) is 12.4 Å². The number of aryl methyl sites for hydroxylation is 1. The first-order valence-corrected chi connectivity index (χ1v) is 8.97. The van der Waals surface area contributed by atoms with E-state index >= 15 is 0 Å². The first-order valence-electron chi connectivity index (χ1n) is 8.97. The van der Waals surface area contributed by atoms with Crippen LogP contribution in [0.3, 0.4) is 0 Å². The molecule has 1 saturated heterocycles. The molecule has 1 N–H and O–H groups in total. The fraction of sp³-hybridized carbons (Fsp3) is 0.579. The maximum absolute atomic E-state index is 5.46. The minimum Gasteiger partial charge on any atom is -0.338 e. The summed E-state index contributed by atoms with van der Waals surface area (Å²) in [5.41, 5.74) is 2.53. The third kappa shape index (κ3) is 5.80. The second-order valence-electron chi connectivity index (χ2n) is 6.82. The zero-order chi connectivity index (χ0) is 16.8. The number of nitrogens with zero attached hydrogens (tertiary/aromatic N) is 3. The van der Waals surface area contributed by atoms with Gasteiger partial charge in [-0.25, -0.2) is 0 Å². The van der Waals surface area contributed by atoms with E-state index in [0.717, 1.165) is 50.2 Å². The van der Waals surface area contributed by atoms with E-state index in [2.05, 4.69) is 51.5 Å². The fourth-order valence-electron chi connectivity index (χ4n) is 3.38. The monoisotopic (exact) mass is 364 g/mol. The average molecular weight is 365 g/mol. The first kappa shape index (κ1) is 19.9. The van der Waals surface area contributed by atoms with E-state index in [1.807, 2.05) is 7.05 Å². The molecule has 6 heteroatoms. The van der Waals surface area contributed by atoms with Crippen molar-refractivity contribution in [2.24, 2.45) is 5.92 Å². The molecule has 2 heterocycles. The Hall–Kier alpha value is -1.43. The standard InChI is InChI=1S/C19H28N4O.ClH/c1-15-5-3-4-6-17(15)13-18-21-19(24-22-18)14-23-11-8-16(9-12-23)7-10-20-2;/h3-6,16,20H,7-14H2,1-2H3;1H. The summed E-state index contributed by atoms with van der Waals surface area (Å²) in [5.74, 6) is 2.38. The first-order chi connectivity index (χ1) is 11.7. The van der Waals surface area contributed by atoms with Crippen LogP contribution in [0.1, 0.15) is 42.1 Å². The molecule has 1 fully saturated rings. The van der Waals surface area contributed by atoms with Crippen molar-refractivity contribution >= 4 is 12.4 Å². The van der Waals surface area contributed by atoms with Gasteiger partial charge in [0.2, 0.25) is 5.89 Å². The lowest BCUT2D eigenvalue weighted by Crippen LogP contribution is -2.34. The van der Waals surface area contributed by atoms with Crippen LogP contribution in [0.15, 0.2) is 28.8 Å². The summed E-state index contributed by atoms with van der Waals surface area (Å²) >= 11 is 0. The van der Waals surface area contributed by atoms with Gasteiger partial charge in [-0.3, -0.25) is 4.90 Å². The number of rotatable bonds is 7. The number of aromatic nitrogens is 2. The van der Waals surface area contributed by atoms with Gasteiger partial charge < -0.3 is 9.84 Å². The molecule has 2 aromatic rings. The highest BCUT2D eigenvalue weighted by Crippen LogP contribution is 2.21. The predicted molar refractivity (Wildman–Crippen MR) is 102 cm³/mol. The van der Waals surface area contributed by atoms with Gasteiger partial charge in [0, 0.05) is 6.42 Å². The predicted octanol–water partition coefficient (Wildman–Crippen LogP) is 3.21. The molecule has 0 atom stereocenters. The molecule has 0 saturated carbocycles. The van der Waals surface area contributed by atoms with Crippen molar-refractivity contribution < 1.29 is 4.52 Å². The lowest BCUT2D eigenvalue weighted by Gasteiger charge is -2.30. The Balaban J connectivity index is 0.00000225. The Morgan fingerprint density at radius 3 is 2.72 bits per heavy atom. The molecule has 5 nitrogen and oxygen atoms in total. The van der Waals surface area contributed by atoms with Crippen molar-refractivity contribution in [1.82, 2.24) is 20.4 Å². The molecule has 0 amide bonds. The van der Waals surface area contributed by atoms with Gasteiger partial charge in [-0.2, -0.15) is 4.98 Å². The van der Waals surface area contributed by atoms with Gasteiger partial charge in [0.1, 0.15) is 0 Å². The number of hydrogen-bond acceptors (Lipinski definition) is 5. The highest BCUT2D eigenvalue weighted by molar-refractivity contribution is 5.85. The molecule has 0 spiro atoms. The van der Waals surface area contributed by atoms with Crippen LogP contribution in [0, 0.1) is 12.8 Å². The van der Waals surface area contributed by atoms with Gasteiger partial charge in [-0.1, -0.05) is 29.4 Å². The topological polar surface area (TPSA) is 54.2 Å². The normalized spacial score (nSPS) is 15.9. The van der Waals surface area contributed by atoms with Gasteiger partial charge in [-0.05, 0) is 69.9 Å². The van der Waals surface area contributed by atoms with Gasteiger partial charge in [0.25, 0.3) is 0 Å². The smallest absolute Gasteiger partial charge is 0.240 e. The molecule has 0 aliphatic carbocycles. The Morgan fingerprint density at radius 2 is 2.00 bits per heavy atom. The number of halogens is 1. The molecular weight excluding hydrogens is 336 g/mol. The van der Waals surface area contributed by atoms with E-state index in [1.54, 1.807) is 0 Å². The van der Waals surface area contributed by atoms with Crippen LogP contribution < -0.4 is 5.32 Å². The maximum Gasteiger partial charge on any atom is 0.240 e. The second-order valence-corrected chi connectivity index (χ2v) is 6.82. The van der Waals surface area contributed by atoms with Gasteiger partial charge >= 0.3 is 0 Å². The average Bonchev–Trinajstić information content (AvgIpc) is 3.03. The minimum absolute atomic E-state index is 0. The van der Waals surface area contributed by atoms with Crippen LogP contribution in [-0.4, -0.2) is 41.7 Å². The van der Waals surface area contributed by atoms with E-state index in [4.69, 9.17) is 4.52 Å². The zero-order valence-electron chi connectivity index (χ0n) is 15.2. The fourth-order valence-corrected chi connectivity index (χ4v) is 3.38. The van der Waals surface area contributed by atoms with Crippen molar-refractivity contribution in [1.29, 1.82) is 0 Å². The molecular formula is C19H29ClN4O. The van der Waals surface area contributed by atoms with E-state index in [1.165, 1.54) is 30.4 Å². The lowest BCUT2D eigenvalue weighted by atomic mass is 9.93. The highest BCUT2D eigenvalue weighted by atomic mass is 35.5.